The maximum Gasteiger partial charge on any atom is 0.273 e. The maximum absolute atomic E-state index is 13.8. The zero-order chi connectivity index (χ0) is 20.1. The molecule has 3 aromatic rings. The Kier molecular flexibility index (Phi) is 5.93. The number of amides is 1. The first-order valence-corrected chi connectivity index (χ1v) is 8.84. The average molecular weight is 382 g/mol. The van der Waals surface area contributed by atoms with Gasteiger partial charge in [-0.3, -0.25) is 4.79 Å². The molecular weight excluding hydrogens is 362 g/mol. The highest BCUT2D eigenvalue weighted by molar-refractivity contribution is 5.92. The van der Waals surface area contributed by atoms with Gasteiger partial charge in [-0.25, -0.2) is 18.7 Å². The minimum Gasteiger partial charge on any atom is -0.331 e. The van der Waals surface area contributed by atoms with Crippen molar-refractivity contribution in [1.82, 2.24) is 14.9 Å². The van der Waals surface area contributed by atoms with E-state index in [9.17, 15) is 13.6 Å². The highest BCUT2D eigenvalue weighted by Gasteiger charge is 2.21. The number of rotatable bonds is 6. The van der Waals surface area contributed by atoms with Crippen LogP contribution >= 0.6 is 0 Å². The molecule has 1 amide bonds. The van der Waals surface area contributed by atoms with Crippen molar-refractivity contribution < 1.29 is 13.6 Å². The lowest BCUT2D eigenvalue weighted by Gasteiger charge is -2.26. The monoisotopic (exact) mass is 382 g/mol. The first kappa shape index (κ1) is 19.4. The summed E-state index contributed by atoms with van der Waals surface area (Å²) in [4.78, 5) is 22.8. The van der Waals surface area contributed by atoms with Crippen molar-refractivity contribution in [3.63, 3.8) is 0 Å². The second-order valence-electron chi connectivity index (χ2n) is 6.50. The van der Waals surface area contributed by atoms with Crippen LogP contribution in [-0.2, 0) is 6.54 Å². The first-order valence-electron chi connectivity index (χ1n) is 8.84. The van der Waals surface area contributed by atoms with Crippen molar-refractivity contribution in [2.75, 3.05) is 5.32 Å². The van der Waals surface area contributed by atoms with E-state index >= 15 is 0 Å². The zero-order valence-corrected chi connectivity index (χ0v) is 15.6. The smallest absolute Gasteiger partial charge is 0.273 e. The van der Waals surface area contributed by atoms with E-state index in [0.29, 0.717) is 6.54 Å². The molecule has 3 rings (SSSR count). The van der Waals surface area contributed by atoms with Gasteiger partial charge in [0.1, 0.15) is 23.0 Å². The van der Waals surface area contributed by atoms with Gasteiger partial charge < -0.3 is 10.2 Å². The van der Waals surface area contributed by atoms with E-state index in [-0.39, 0.29) is 29.3 Å². The number of benzene rings is 2. The Morgan fingerprint density at radius 1 is 1.04 bits per heavy atom. The zero-order valence-electron chi connectivity index (χ0n) is 15.6. The summed E-state index contributed by atoms with van der Waals surface area (Å²) in [5, 5.41) is 2.51. The lowest BCUT2D eigenvalue weighted by Crippen LogP contribution is -2.37. The number of halogens is 2. The van der Waals surface area contributed by atoms with Gasteiger partial charge >= 0.3 is 0 Å². The number of hydrogen-bond donors (Lipinski definition) is 1. The Labute approximate surface area is 162 Å². The van der Waals surface area contributed by atoms with Gasteiger partial charge in [-0.1, -0.05) is 36.4 Å². The molecule has 28 heavy (non-hydrogen) atoms. The third-order valence-corrected chi connectivity index (χ3v) is 4.15. The summed E-state index contributed by atoms with van der Waals surface area (Å²) in [5.41, 5.74) is 0.765. The topological polar surface area (TPSA) is 58.1 Å². The number of hydrogen-bond acceptors (Lipinski definition) is 4. The third-order valence-electron chi connectivity index (χ3n) is 4.15. The molecular formula is C21H20F2N4O. The van der Waals surface area contributed by atoms with Crippen LogP contribution in [0, 0.1) is 11.6 Å². The molecule has 2 aromatic carbocycles. The molecule has 0 unspecified atom stereocenters. The fraction of sp³-hybridized carbons (Fsp3) is 0.190. The van der Waals surface area contributed by atoms with Gasteiger partial charge in [-0.05, 0) is 37.6 Å². The van der Waals surface area contributed by atoms with E-state index in [4.69, 9.17) is 0 Å². The Balaban J connectivity index is 1.84. The molecule has 1 aromatic heterocycles. The summed E-state index contributed by atoms with van der Waals surface area (Å²) in [6, 6.07) is 14.5. The molecule has 0 atom stereocenters. The SMILES string of the molecule is CC(C)N(Cc1ccccc1)C(=O)c1ccnc(Nc2c(F)cccc2F)n1. The van der Waals surface area contributed by atoms with Gasteiger partial charge in [0.2, 0.25) is 5.95 Å². The lowest BCUT2D eigenvalue weighted by molar-refractivity contribution is 0.0684. The molecule has 0 saturated heterocycles. The van der Waals surface area contributed by atoms with Crippen LogP contribution in [0.5, 0.6) is 0 Å². The first-order chi connectivity index (χ1) is 13.5. The minimum atomic E-state index is -0.770. The highest BCUT2D eigenvalue weighted by atomic mass is 19.1. The van der Waals surface area contributed by atoms with E-state index in [2.05, 4.69) is 15.3 Å². The number of carbonyl (C=O) groups is 1. The largest absolute Gasteiger partial charge is 0.331 e. The second kappa shape index (κ2) is 8.56. The van der Waals surface area contributed by atoms with E-state index in [0.717, 1.165) is 17.7 Å². The number of nitrogens with zero attached hydrogens (tertiary/aromatic N) is 3. The maximum atomic E-state index is 13.8. The van der Waals surface area contributed by atoms with E-state index in [1.54, 1.807) is 4.90 Å². The number of carbonyl (C=O) groups excluding carboxylic acids is 1. The molecule has 144 valence electrons. The Bertz CT molecular complexity index is 943. The van der Waals surface area contributed by atoms with Crippen molar-refractivity contribution >= 4 is 17.5 Å². The van der Waals surface area contributed by atoms with Gasteiger partial charge in [-0.15, -0.1) is 0 Å². The van der Waals surface area contributed by atoms with Crippen molar-refractivity contribution in [2.24, 2.45) is 0 Å². The van der Waals surface area contributed by atoms with Crippen LogP contribution in [0.4, 0.5) is 20.4 Å². The molecule has 0 radical (unpaired) electrons. The molecule has 0 spiro atoms. The molecule has 1 N–H and O–H groups in total. The number of para-hydroxylation sites is 1. The fourth-order valence-corrected chi connectivity index (χ4v) is 2.68. The van der Waals surface area contributed by atoms with Gasteiger partial charge in [0.25, 0.3) is 5.91 Å². The molecule has 7 heteroatoms. The quantitative estimate of drug-likeness (QED) is 0.680. The van der Waals surface area contributed by atoms with Crippen molar-refractivity contribution in [3.8, 4) is 0 Å². The van der Waals surface area contributed by atoms with Crippen LogP contribution in [0.2, 0.25) is 0 Å². The standard InChI is InChI=1S/C21H20F2N4O/c1-14(2)27(13-15-7-4-3-5-8-15)20(28)18-11-12-24-21(25-18)26-19-16(22)9-6-10-17(19)23/h3-12,14H,13H2,1-2H3,(H,24,25,26). The minimum absolute atomic E-state index is 0.0572. The fourth-order valence-electron chi connectivity index (χ4n) is 2.68. The number of nitrogens with one attached hydrogen (secondary N) is 1. The summed E-state index contributed by atoms with van der Waals surface area (Å²) >= 11 is 0. The van der Waals surface area contributed by atoms with Crippen LogP contribution in [0.3, 0.4) is 0 Å². The molecule has 0 fully saturated rings. The summed E-state index contributed by atoms with van der Waals surface area (Å²) in [5.74, 6) is -1.89. The van der Waals surface area contributed by atoms with Crippen LogP contribution in [0.25, 0.3) is 0 Å². The molecule has 0 aliphatic carbocycles. The molecule has 0 aliphatic rings. The van der Waals surface area contributed by atoms with Crippen molar-refractivity contribution in [3.05, 3.63) is 83.7 Å². The predicted octanol–water partition coefficient (Wildman–Crippen LogP) is 4.55. The third kappa shape index (κ3) is 4.49. The summed E-state index contributed by atoms with van der Waals surface area (Å²) in [6.45, 7) is 4.25. The average Bonchev–Trinajstić information content (AvgIpc) is 2.69. The van der Waals surface area contributed by atoms with Crippen LogP contribution in [-0.4, -0.2) is 26.8 Å². The summed E-state index contributed by atoms with van der Waals surface area (Å²) in [6.07, 6.45) is 1.38. The summed E-state index contributed by atoms with van der Waals surface area (Å²) in [7, 11) is 0. The highest BCUT2D eigenvalue weighted by Crippen LogP contribution is 2.21. The number of aromatic nitrogens is 2. The van der Waals surface area contributed by atoms with Gasteiger partial charge in [-0.2, -0.15) is 0 Å². The normalized spacial score (nSPS) is 10.8. The van der Waals surface area contributed by atoms with E-state index < -0.39 is 11.6 Å². The second-order valence-corrected chi connectivity index (χ2v) is 6.50. The van der Waals surface area contributed by atoms with Crippen LogP contribution in [0.1, 0.15) is 29.9 Å². The van der Waals surface area contributed by atoms with Crippen LogP contribution in [0.15, 0.2) is 60.8 Å². The van der Waals surface area contributed by atoms with Crippen molar-refractivity contribution in [1.29, 1.82) is 0 Å². The Hall–Kier alpha value is -3.35. The molecule has 1 heterocycles. The van der Waals surface area contributed by atoms with Gasteiger partial charge in [0.15, 0.2) is 0 Å². The van der Waals surface area contributed by atoms with Gasteiger partial charge in [0, 0.05) is 18.8 Å². The molecule has 0 saturated carbocycles. The Morgan fingerprint density at radius 3 is 2.36 bits per heavy atom. The Morgan fingerprint density at radius 2 is 1.71 bits per heavy atom. The predicted molar refractivity (Wildman–Crippen MR) is 103 cm³/mol. The van der Waals surface area contributed by atoms with Crippen LogP contribution < -0.4 is 5.32 Å². The van der Waals surface area contributed by atoms with Gasteiger partial charge in [0.05, 0.1) is 0 Å². The number of anilines is 2. The molecule has 5 nitrogen and oxygen atoms in total. The summed E-state index contributed by atoms with van der Waals surface area (Å²) < 4.78 is 27.7. The van der Waals surface area contributed by atoms with E-state index in [1.807, 2.05) is 44.2 Å². The molecule has 0 bridgehead atoms. The van der Waals surface area contributed by atoms with Crippen molar-refractivity contribution in [2.45, 2.75) is 26.4 Å². The molecule has 0 aliphatic heterocycles. The van der Waals surface area contributed by atoms with E-state index in [1.165, 1.54) is 18.3 Å². The lowest BCUT2D eigenvalue weighted by atomic mass is 10.1.